The van der Waals surface area contributed by atoms with Crippen LogP contribution in [0.15, 0.2) is 53.9 Å². The van der Waals surface area contributed by atoms with Gasteiger partial charge in [-0.3, -0.25) is 0 Å². The molecule has 0 atom stereocenters. The SMILES string of the molecule is Cc1cc(C#N)cc(C)c1Oc1nc(NC2CCC(NCc3ccccc3)CC2)nc2ccsc12. The minimum atomic E-state index is 0.340. The molecule has 178 valence electrons. The van der Waals surface area contributed by atoms with Gasteiger partial charge in [-0.2, -0.15) is 10.2 Å². The van der Waals surface area contributed by atoms with Crippen LogP contribution in [-0.2, 0) is 6.54 Å². The molecule has 35 heavy (non-hydrogen) atoms. The lowest BCUT2D eigenvalue weighted by Crippen LogP contribution is -2.36. The van der Waals surface area contributed by atoms with Crippen molar-refractivity contribution in [3.63, 3.8) is 0 Å². The quantitative estimate of drug-likeness (QED) is 0.313. The number of nitrogens with one attached hydrogen (secondary N) is 2. The molecule has 1 aliphatic carbocycles. The van der Waals surface area contributed by atoms with E-state index >= 15 is 0 Å². The van der Waals surface area contributed by atoms with E-state index in [-0.39, 0.29) is 0 Å². The molecule has 7 heteroatoms. The highest BCUT2D eigenvalue weighted by Crippen LogP contribution is 2.36. The van der Waals surface area contributed by atoms with Crippen molar-refractivity contribution < 1.29 is 4.74 Å². The van der Waals surface area contributed by atoms with Gasteiger partial charge in [-0.1, -0.05) is 30.3 Å². The molecule has 2 heterocycles. The number of benzene rings is 2. The van der Waals surface area contributed by atoms with E-state index < -0.39 is 0 Å². The number of anilines is 1. The second kappa shape index (κ2) is 10.4. The fraction of sp³-hybridized carbons (Fsp3) is 0.321. The van der Waals surface area contributed by atoms with E-state index in [9.17, 15) is 5.26 Å². The Hall–Kier alpha value is -3.47. The van der Waals surface area contributed by atoms with E-state index in [4.69, 9.17) is 14.7 Å². The zero-order chi connectivity index (χ0) is 24.2. The van der Waals surface area contributed by atoms with Crippen molar-refractivity contribution in [2.45, 2.75) is 58.2 Å². The molecule has 4 aromatic rings. The average Bonchev–Trinajstić information content (AvgIpc) is 3.35. The zero-order valence-corrected chi connectivity index (χ0v) is 20.9. The highest BCUT2D eigenvalue weighted by atomic mass is 32.1. The molecule has 0 radical (unpaired) electrons. The van der Waals surface area contributed by atoms with Gasteiger partial charge in [0, 0.05) is 18.6 Å². The summed E-state index contributed by atoms with van der Waals surface area (Å²) in [7, 11) is 0. The molecule has 0 spiro atoms. The van der Waals surface area contributed by atoms with E-state index in [1.165, 1.54) is 5.56 Å². The number of ether oxygens (including phenoxy) is 1. The van der Waals surface area contributed by atoms with Gasteiger partial charge in [0.2, 0.25) is 11.8 Å². The predicted molar refractivity (Wildman–Crippen MR) is 141 cm³/mol. The van der Waals surface area contributed by atoms with Gasteiger partial charge in [0.1, 0.15) is 10.4 Å². The Kier molecular flexibility index (Phi) is 6.94. The maximum Gasteiger partial charge on any atom is 0.242 e. The van der Waals surface area contributed by atoms with Crippen LogP contribution in [0.1, 0.15) is 47.9 Å². The van der Waals surface area contributed by atoms with Gasteiger partial charge in [-0.05, 0) is 79.8 Å². The van der Waals surface area contributed by atoms with Gasteiger partial charge in [-0.15, -0.1) is 11.3 Å². The fourth-order valence-corrected chi connectivity index (χ4v) is 5.48. The predicted octanol–water partition coefficient (Wildman–Crippen LogP) is 6.49. The third kappa shape index (κ3) is 5.45. The molecule has 0 unspecified atom stereocenters. The van der Waals surface area contributed by atoms with Crippen molar-refractivity contribution in [2.75, 3.05) is 5.32 Å². The molecular weight excluding hydrogens is 454 g/mol. The number of fused-ring (bicyclic) bond motifs is 1. The summed E-state index contributed by atoms with van der Waals surface area (Å²) in [6.45, 7) is 4.83. The molecule has 1 saturated carbocycles. The van der Waals surface area contributed by atoms with Gasteiger partial charge < -0.3 is 15.4 Å². The van der Waals surface area contributed by atoms with Crippen LogP contribution < -0.4 is 15.4 Å². The minimum absolute atomic E-state index is 0.340. The molecule has 2 N–H and O–H groups in total. The van der Waals surface area contributed by atoms with Crippen molar-refractivity contribution in [3.05, 3.63) is 76.2 Å². The molecule has 0 saturated heterocycles. The summed E-state index contributed by atoms with van der Waals surface area (Å²) in [6, 6.07) is 19.3. The first-order valence-electron chi connectivity index (χ1n) is 12.1. The van der Waals surface area contributed by atoms with Crippen molar-refractivity contribution in [1.82, 2.24) is 15.3 Å². The Balaban J connectivity index is 1.26. The molecule has 5 rings (SSSR count). The standard InChI is InChI=1S/C28H29N5OS/c1-18-14-21(16-29)15-19(2)25(18)34-27-26-24(12-13-35-26)32-28(33-27)31-23-10-8-22(9-11-23)30-17-20-6-4-3-5-7-20/h3-7,12-15,22-23,30H,8-11,17H2,1-2H3,(H,31,32,33). The second-order valence-electron chi connectivity index (χ2n) is 9.20. The summed E-state index contributed by atoms with van der Waals surface area (Å²) in [5.74, 6) is 1.91. The topological polar surface area (TPSA) is 82.9 Å². The molecule has 6 nitrogen and oxygen atoms in total. The number of rotatable bonds is 7. The Labute approximate surface area is 210 Å². The van der Waals surface area contributed by atoms with Gasteiger partial charge in [0.05, 0.1) is 17.1 Å². The lowest BCUT2D eigenvalue weighted by molar-refractivity contribution is 0.352. The van der Waals surface area contributed by atoms with Crippen molar-refractivity contribution in [3.8, 4) is 17.7 Å². The Bertz CT molecular complexity index is 1330. The molecule has 2 aromatic carbocycles. The largest absolute Gasteiger partial charge is 0.437 e. The van der Waals surface area contributed by atoms with E-state index in [0.29, 0.717) is 29.5 Å². The average molecular weight is 484 g/mol. The van der Waals surface area contributed by atoms with Crippen LogP contribution in [0, 0.1) is 25.2 Å². The summed E-state index contributed by atoms with van der Waals surface area (Å²) in [4.78, 5) is 9.52. The van der Waals surface area contributed by atoms with E-state index in [1.807, 2.05) is 37.4 Å². The molecule has 0 amide bonds. The summed E-state index contributed by atoms with van der Waals surface area (Å²) in [6.07, 6.45) is 4.39. The van der Waals surface area contributed by atoms with Crippen molar-refractivity contribution in [2.24, 2.45) is 0 Å². The smallest absolute Gasteiger partial charge is 0.242 e. The van der Waals surface area contributed by atoms with Crippen molar-refractivity contribution in [1.29, 1.82) is 5.26 Å². The molecule has 0 aliphatic heterocycles. The van der Waals surface area contributed by atoms with Crippen LogP contribution in [0.4, 0.5) is 5.95 Å². The fourth-order valence-electron chi connectivity index (χ4n) is 4.73. The van der Waals surface area contributed by atoms with Crippen LogP contribution in [0.5, 0.6) is 11.6 Å². The summed E-state index contributed by atoms with van der Waals surface area (Å²) in [5.41, 5.74) is 4.67. The van der Waals surface area contributed by atoms with Crippen molar-refractivity contribution >= 4 is 27.5 Å². The van der Waals surface area contributed by atoms with Crippen LogP contribution in [-0.4, -0.2) is 22.1 Å². The normalized spacial score (nSPS) is 17.7. The molecule has 2 aromatic heterocycles. The van der Waals surface area contributed by atoms with E-state index in [2.05, 4.69) is 47.0 Å². The van der Waals surface area contributed by atoms with Crippen LogP contribution in [0.2, 0.25) is 0 Å². The Morgan fingerprint density at radius 3 is 2.43 bits per heavy atom. The number of hydrogen-bond donors (Lipinski definition) is 2. The highest BCUT2D eigenvalue weighted by molar-refractivity contribution is 7.17. The third-order valence-electron chi connectivity index (χ3n) is 6.56. The monoisotopic (exact) mass is 483 g/mol. The van der Waals surface area contributed by atoms with Gasteiger partial charge in [-0.25, -0.2) is 4.98 Å². The molecule has 0 bridgehead atoms. The van der Waals surface area contributed by atoms with E-state index in [1.54, 1.807) is 11.3 Å². The van der Waals surface area contributed by atoms with Gasteiger partial charge >= 0.3 is 0 Å². The Morgan fingerprint density at radius 2 is 1.71 bits per heavy atom. The number of aromatic nitrogens is 2. The molecular formula is C28H29N5OS. The van der Waals surface area contributed by atoms with E-state index in [0.717, 1.165) is 59.3 Å². The first kappa shape index (κ1) is 23.3. The number of nitrogens with zero attached hydrogens (tertiary/aromatic N) is 3. The van der Waals surface area contributed by atoms with Crippen LogP contribution in [0.3, 0.4) is 0 Å². The van der Waals surface area contributed by atoms with Gasteiger partial charge in [0.15, 0.2) is 0 Å². The lowest BCUT2D eigenvalue weighted by Gasteiger charge is -2.30. The summed E-state index contributed by atoms with van der Waals surface area (Å²) < 4.78 is 7.26. The van der Waals surface area contributed by atoms with Crippen LogP contribution in [0.25, 0.3) is 10.2 Å². The number of thiophene rings is 1. The number of hydrogen-bond acceptors (Lipinski definition) is 7. The lowest BCUT2D eigenvalue weighted by atomic mass is 9.91. The number of aryl methyl sites for hydroxylation is 2. The maximum atomic E-state index is 9.25. The zero-order valence-electron chi connectivity index (χ0n) is 20.0. The summed E-state index contributed by atoms with van der Waals surface area (Å²) >= 11 is 1.57. The minimum Gasteiger partial charge on any atom is -0.437 e. The highest BCUT2D eigenvalue weighted by Gasteiger charge is 2.22. The Morgan fingerprint density at radius 1 is 1.00 bits per heavy atom. The number of nitriles is 1. The first-order valence-corrected chi connectivity index (χ1v) is 13.0. The molecule has 1 aliphatic rings. The molecule has 1 fully saturated rings. The van der Waals surface area contributed by atoms with Crippen LogP contribution >= 0.6 is 11.3 Å². The maximum absolute atomic E-state index is 9.25. The van der Waals surface area contributed by atoms with Gasteiger partial charge in [0.25, 0.3) is 0 Å². The first-order chi connectivity index (χ1) is 17.1. The third-order valence-corrected chi connectivity index (χ3v) is 7.45. The second-order valence-corrected chi connectivity index (χ2v) is 10.1. The summed E-state index contributed by atoms with van der Waals surface area (Å²) in [5, 5.41) is 18.5.